The van der Waals surface area contributed by atoms with Crippen molar-refractivity contribution in [2.45, 2.75) is 16.7 Å². The average Bonchev–Trinajstić information content (AvgIpc) is 2.84. The zero-order valence-electron chi connectivity index (χ0n) is 18.7. The van der Waals surface area contributed by atoms with E-state index in [1.807, 2.05) is 6.26 Å². The summed E-state index contributed by atoms with van der Waals surface area (Å²) in [6.07, 6.45) is 1.92. The molecule has 1 N–H and O–H groups in total. The number of anilines is 2. The lowest BCUT2D eigenvalue weighted by Gasteiger charge is -2.20. The molecular weight excluding hydrogens is 460 g/mol. The highest BCUT2D eigenvalue weighted by Gasteiger charge is 2.21. The number of hydrogen-bond acceptors (Lipinski definition) is 6. The number of carbonyl (C=O) groups is 2. The summed E-state index contributed by atoms with van der Waals surface area (Å²) in [6.45, 7) is 1.72. The third kappa shape index (κ3) is 5.20. The number of ether oxygens (including phenoxy) is 1. The van der Waals surface area contributed by atoms with Crippen LogP contribution in [0.25, 0.3) is 0 Å². The van der Waals surface area contributed by atoms with Gasteiger partial charge in [0.05, 0.1) is 23.3 Å². The molecule has 0 fully saturated rings. The third-order valence-corrected chi connectivity index (χ3v) is 7.74. The number of esters is 1. The number of thioether (sulfide) groups is 1. The SMILES string of the molecule is COC(=O)c1cccc(NC(=O)c2ccc(N(C)S(=O)(=O)c3ccc(SC)cc3)cc2)c1C. The van der Waals surface area contributed by atoms with E-state index < -0.39 is 16.0 Å². The van der Waals surface area contributed by atoms with Crippen LogP contribution in [-0.2, 0) is 14.8 Å². The van der Waals surface area contributed by atoms with Crippen LogP contribution in [0.1, 0.15) is 26.3 Å². The van der Waals surface area contributed by atoms with Crippen LogP contribution in [0.4, 0.5) is 11.4 Å². The number of nitrogens with zero attached hydrogens (tertiary/aromatic N) is 1. The highest BCUT2D eigenvalue weighted by Crippen LogP contribution is 2.25. The van der Waals surface area contributed by atoms with Crippen LogP contribution in [0.15, 0.2) is 76.5 Å². The predicted molar refractivity (Wildman–Crippen MR) is 131 cm³/mol. The van der Waals surface area contributed by atoms with Gasteiger partial charge in [0.2, 0.25) is 0 Å². The normalized spacial score (nSPS) is 11.0. The van der Waals surface area contributed by atoms with Gasteiger partial charge in [-0.25, -0.2) is 13.2 Å². The number of sulfonamides is 1. The van der Waals surface area contributed by atoms with Crippen LogP contribution in [0.5, 0.6) is 0 Å². The minimum atomic E-state index is -3.74. The van der Waals surface area contributed by atoms with Crippen molar-refractivity contribution >= 4 is 45.0 Å². The van der Waals surface area contributed by atoms with Gasteiger partial charge in [-0.15, -0.1) is 11.8 Å². The lowest BCUT2D eigenvalue weighted by molar-refractivity contribution is 0.0599. The lowest BCUT2D eigenvalue weighted by Crippen LogP contribution is -2.26. The first-order valence-corrected chi connectivity index (χ1v) is 12.6. The van der Waals surface area contributed by atoms with Gasteiger partial charge in [0.25, 0.3) is 15.9 Å². The summed E-state index contributed by atoms with van der Waals surface area (Å²) in [4.78, 5) is 25.7. The summed E-state index contributed by atoms with van der Waals surface area (Å²) in [6, 6.07) is 17.9. The summed E-state index contributed by atoms with van der Waals surface area (Å²) >= 11 is 1.53. The highest BCUT2D eigenvalue weighted by atomic mass is 32.2. The van der Waals surface area contributed by atoms with Gasteiger partial charge in [-0.05, 0) is 79.4 Å². The standard InChI is InChI=1S/C24H24N2O5S2/c1-16-21(24(28)31-3)6-5-7-22(16)25-23(27)17-8-10-18(11-9-17)26(2)33(29,30)20-14-12-19(32-4)13-15-20/h5-15H,1-4H3,(H,25,27). The van der Waals surface area contributed by atoms with E-state index in [-0.39, 0.29) is 10.8 Å². The Morgan fingerprint density at radius 3 is 2.18 bits per heavy atom. The van der Waals surface area contributed by atoms with Crippen LogP contribution in [0, 0.1) is 6.92 Å². The molecule has 3 aromatic rings. The quantitative estimate of drug-likeness (QED) is 0.390. The maximum atomic E-state index is 12.9. The molecular formula is C24H24N2O5S2. The van der Waals surface area contributed by atoms with Crippen LogP contribution in [-0.4, -0.2) is 40.7 Å². The van der Waals surface area contributed by atoms with Crippen molar-refractivity contribution in [2.75, 3.05) is 30.0 Å². The van der Waals surface area contributed by atoms with Crippen molar-refractivity contribution in [1.82, 2.24) is 0 Å². The summed E-state index contributed by atoms with van der Waals surface area (Å²) < 4.78 is 31.8. The smallest absolute Gasteiger partial charge is 0.338 e. The molecule has 172 valence electrons. The Morgan fingerprint density at radius 1 is 0.970 bits per heavy atom. The Bertz CT molecular complexity index is 1270. The Labute approximate surface area is 197 Å². The van der Waals surface area contributed by atoms with Crippen molar-refractivity contribution < 1.29 is 22.7 Å². The molecule has 0 aliphatic carbocycles. The molecule has 0 aliphatic rings. The van der Waals surface area contributed by atoms with Crippen molar-refractivity contribution in [1.29, 1.82) is 0 Å². The van der Waals surface area contributed by atoms with E-state index >= 15 is 0 Å². The summed E-state index contributed by atoms with van der Waals surface area (Å²) in [7, 11) is -0.976. The summed E-state index contributed by atoms with van der Waals surface area (Å²) in [5, 5.41) is 2.78. The molecule has 0 atom stereocenters. The lowest BCUT2D eigenvalue weighted by atomic mass is 10.1. The van der Waals surface area contributed by atoms with E-state index in [4.69, 9.17) is 4.74 Å². The second kappa shape index (κ2) is 10.1. The van der Waals surface area contributed by atoms with Crippen molar-refractivity contribution in [3.8, 4) is 0 Å². The van der Waals surface area contributed by atoms with Gasteiger partial charge < -0.3 is 10.1 Å². The monoisotopic (exact) mass is 484 g/mol. The number of rotatable bonds is 7. The van der Waals surface area contributed by atoms with E-state index in [0.717, 1.165) is 4.90 Å². The molecule has 33 heavy (non-hydrogen) atoms. The topological polar surface area (TPSA) is 92.8 Å². The maximum absolute atomic E-state index is 12.9. The number of carbonyl (C=O) groups excluding carboxylic acids is 2. The van der Waals surface area contributed by atoms with Crippen molar-refractivity contribution in [3.05, 3.63) is 83.4 Å². The van der Waals surface area contributed by atoms with Crippen LogP contribution >= 0.6 is 11.8 Å². The van der Waals surface area contributed by atoms with Gasteiger partial charge in [-0.1, -0.05) is 6.07 Å². The first-order chi connectivity index (χ1) is 15.7. The number of hydrogen-bond donors (Lipinski definition) is 1. The molecule has 3 aromatic carbocycles. The minimum absolute atomic E-state index is 0.186. The molecule has 9 heteroatoms. The molecule has 0 bridgehead atoms. The van der Waals surface area contributed by atoms with Crippen LogP contribution in [0.2, 0.25) is 0 Å². The summed E-state index contributed by atoms with van der Waals surface area (Å²) in [5.74, 6) is -0.870. The predicted octanol–water partition coefficient (Wildman–Crippen LogP) is 4.58. The zero-order valence-corrected chi connectivity index (χ0v) is 20.3. The fraction of sp³-hybridized carbons (Fsp3) is 0.167. The van der Waals surface area contributed by atoms with E-state index in [0.29, 0.717) is 28.1 Å². The maximum Gasteiger partial charge on any atom is 0.338 e. The Balaban J connectivity index is 1.78. The van der Waals surface area contributed by atoms with Crippen LogP contribution in [0.3, 0.4) is 0 Å². The van der Waals surface area contributed by atoms with E-state index in [1.54, 1.807) is 73.7 Å². The highest BCUT2D eigenvalue weighted by molar-refractivity contribution is 7.98. The molecule has 7 nitrogen and oxygen atoms in total. The van der Waals surface area contributed by atoms with E-state index in [2.05, 4.69) is 5.32 Å². The van der Waals surface area contributed by atoms with Gasteiger partial charge in [-0.2, -0.15) is 0 Å². The number of methoxy groups -OCH3 is 1. The molecule has 0 radical (unpaired) electrons. The molecule has 1 amide bonds. The third-order valence-electron chi connectivity index (χ3n) is 5.20. The van der Waals surface area contributed by atoms with Crippen molar-refractivity contribution in [2.24, 2.45) is 0 Å². The van der Waals surface area contributed by atoms with Crippen molar-refractivity contribution in [3.63, 3.8) is 0 Å². The average molecular weight is 485 g/mol. The van der Waals surface area contributed by atoms with E-state index in [9.17, 15) is 18.0 Å². The number of benzene rings is 3. The molecule has 0 unspecified atom stereocenters. The largest absolute Gasteiger partial charge is 0.465 e. The number of nitrogens with one attached hydrogen (secondary N) is 1. The molecule has 0 saturated heterocycles. The fourth-order valence-corrected chi connectivity index (χ4v) is 4.77. The van der Waals surface area contributed by atoms with E-state index in [1.165, 1.54) is 30.2 Å². The number of amides is 1. The fourth-order valence-electron chi connectivity index (χ4n) is 3.16. The van der Waals surface area contributed by atoms with Gasteiger partial charge in [0.1, 0.15) is 0 Å². The van der Waals surface area contributed by atoms with Gasteiger partial charge in [0, 0.05) is 23.2 Å². The molecule has 0 aliphatic heterocycles. The second-order valence-corrected chi connectivity index (χ2v) is 9.97. The van der Waals surface area contributed by atoms with Gasteiger partial charge >= 0.3 is 5.97 Å². The summed E-state index contributed by atoms with van der Waals surface area (Å²) in [5.41, 5.74) is 2.21. The minimum Gasteiger partial charge on any atom is -0.465 e. The van der Waals surface area contributed by atoms with Crippen LogP contribution < -0.4 is 9.62 Å². The molecule has 0 heterocycles. The Morgan fingerprint density at radius 2 is 1.61 bits per heavy atom. The molecule has 0 spiro atoms. The first-order valence-electron chi connectivity index (χ1n) is 9.91. The van der Waals surface area contributed by atoms with Gasteiger partial charge in [-0.3, -0.25) is 9.10 Å². The van der Waals surface area contributed by atoms with Gasteiger partial charge in [0.15, 0.2) is 0 Å². The Hall–Kier alpha value is -3.30. The molecule has 3 rings (SSSR count). The molecule has 0 saturated carbocycles. The zero-order chi connectivity index (χ0) is 24.2. The second-order valence-electron chi connectivity index (χ2n) is 7.12. The Kier molecular flexibility index (Phi) is 7.45. The molecule has 0 aromatic heterocycles. The first kappa shape index (κ1) is 24.3.